The zero-order valence-corrected chi connectivity index (χ0v) is 16.6. The zero-order valence-electron chi connectivity index (χ0n) is 16.6. The number of nitrogens with zero attached hydrogens (tertiary/aromatic N) is 1. The highest BCUT2D eigenvalue weighted by Gasteiger charge is 2.13. The molecule has 0 aliphatic heterocycles. The second-order valence-electron chi connectivity index (χ2n) is 7.12. The first-order valence-electron chi connectivity index (χ1n) is 9.41. The first-order valence-corrected chi connectivity index (χ1v) is 9.41. The molecule has 1 N–H and O–H groups in total. The van der Waals surface area contributed by atoms with E-state index in [1.807, 2.05) is 55.1 Å². The summed E-state index contributed by atoms with van der Waals surface area (Å²) in [6.07, 6.45) is 2.79. The number of anilines is 1. The molecule has 1 amide bonds. The van der Waals surface area contributed by atoms with E-state index >= 15 is 0 Å². The first kappa shape index (κ1) is 18.8. The smallest absolute Gasteiger partial charge is 0.336 e. The van der Waals surface area contributed by atoms with E-state index in [1.165, 1.54) is 6.07 Å². The van der Waals surface area contributed by atoms with Gasteiger partial charge < -0.3 is 19.0 Å². The molecular formula is C23H22N2O4. The monoisotopic (exact) mass is 390 g/mol. The molecule has 0 spiro atoms. The Balaban J connectivity index is 1.55. The van der Waals surface area contributed by atoms with Gasteiger partial charge in [0.05, 0.1) is 12.8 Å². The maximum absolute atomic E-state index is 12.6. The van der Waals surface area contributed by atoms with Crippen molar-refractivity contribution in [2.75, 3.05) is 12.4 Å². The van der Waals surface area contributed by atoms with Gasteiger partial charge in [-0.1, -0.05) is 6.07 Å². The summed E-state index contributed by atoms with van der Waals surface area (Å²) in [5.41, 5.74) is 3.69. The number of benzene rings is 2. The minimum absolute atomic E-state index is 0.0696. The number of aromatic nitrogens is 1. The summed E-state index contributed by atoms with van der Waals surface area (Å²) in [5.74, 6) is 0.532. The molecule has 0 saturated heterocycles. The van der Waals surface area contributed by atoms with E-state index < -0.39 is 0 Å². The van der Waals surface area contributed by atoms with Crippen molar-refractivity contribution in [3.05, 3.63) is 70.2 Å². The molecule has 0 fully saturated rings. The Morgan fingerprint density at radius 3 is 2.79 bits per heavy atom. The molecular weight excluding hydrogens is 368 g/mol. The molecule has 2 aromatic carbocycles. The van der Waals surface area contributed by atoms with Crippen molar-refractivity contribution >= 4 is 33.5 Å². The number of rotatable bonds is 5. The maximum atomic E-state index is 12.6. The molecule has 0 atom stereocenters. The lowest BCUT2D eigenvalue weighted by atomic mass is 10.0. The fraction of sp³-hybridized carbons (Fsp3) is 0.217. The Hall–Kier alpha value is -3.54. The standard InChI is InChI=1S/C23H22N2O4/c1-14-11-23(27)29-21-13-20(28-3)15(12-17(14)21)7-8-22(26)24-18-5-4-6-19-16(18)9-10-25(19)2/h4-6,9-13H,7-8H2,1-3H3,(H,24,26). The lowest BCUT2D eigenvalue weighted by molar-refractivity contribution is -0.116. The van der Waals surface area contributed by atoms with Gasteiger partial charge >= 0.3 is 5.63 Å². The third kappa shape index (κ3) is 3.61. The molecule has 0 bridgehead atoms. The van der Waals surface area contributed by atoms with E-state index in [-0.39, 0.29) is 11.5 Å². The predicted octanol–water partition coefficient (Wildman–Crippen LogP) is 4.17. The molecule has 0 radical (unpaired) electrons. The topological polar surface area (TPSA) is 73.5 Å². The highest BCUT2D eigenvalue weighted by atomic mass is 16.5. The summed E-state index contributed by atoms with van der Waals surface area (Å²) in [5, 5.41) is 4.86. The van der Waals surface area contributed by atoms with Gasteiger partial charge in [-0.3, -0.25) is 4.79 Å². The Bertz CT molecular complexity index is 1280. The van der Waals surface area contributed by atoms with E-state index in [4.69, 9.17) is 9.15 Å². The van der Waals surface area contributed by atoms with Crippen LogP contribution in [-0.2, 0) is 18.3 Å². The molecule has 0 aliphatic carbocycles. The van der Waals surface area contributed by atoms with Gasteiger partial charge in [0.1, 0.15) is 11.3 Å². The first-order chi connectivity index (χ1) is 14.0. The number of fused-ring (bicyclic) bond motifs is 2. The van der Waals surface area contributed by atoms with Crippen LogP contribution in [-0.4, -0.2) is 17.6 Å². The molecule has 6 nitrogen and oxygen atoms in total. The van der Waals surface area contributed by atoms with Crippen molar-refractivity contribution in [1.82, 2.24) is 4.57 Å². The number of aryl methyl sites for hydroxylation is 3. The summed E-state index contributed by atoms with van der Waals surface area (Å²) in [7, 11) is 3.54. The molecule has 0 saturated carbocycles. The van der Waals surface area contributed by atoms with Crippen LogP contribution in [0.5, 0.6) is 5.75 Å². The van der Waals surface area contributed by atoms with E-state index in [9.17, 15) is 9.59 Å². The van der Waals surface area contributed by atoms with Crippen molar-refractivity contribution in [1.29, 1.82) is 0 Å². The minimum Gasteiger partial charge on any atom is -0.496 e. The molecule has 2 aromatic heterocycles. The Morgan fingerprint density at radius 2 is 2.00 bits per heavy atom. The second kappa shape index (κ2) is 7.47. The summed E-state index contributed by atoms with van der Waals surface area (Å²) in [6.45, 7) is 1.86. The van der Waals surface area contributed by atoms with Crippen LogP contribution in [0.4, 0.5) is 5.69 Å². The van der Waals surface area contributed by atoms with Gasteiger partial charge in [0, 0.05) is 48.1 Å². The molecule has 148 valence electrons. The predicted molar refractivity (Wildman–Crippen MR) is 114 cm³/mol. The third-order valence-corrected chi connectivity index (χ3v) is 5.18. The lowest BCUT2D eigenvalue weighted by Crippen LogP contribution is -2.13. The zero-order chi connectivity index (χ0) is 20.5. The maximum Gasteiger partial charge on any atom is 0.336 e. The number of hydrogen-bond donors (Lipinski definition) is 1. The van der Waals surface area contributed by atoms with Gasteiger partial charge in [0.15, 0.2) is 0 Å². The summed E-state index contributed by atoms with van der Waals surface area (Å²) in [4.78, 5) is 24.2. The fourth-order valence-corrected chi connectivity index (χ4v) is 3.65. The van der Waals surface area contributed by atoms with Gasteiger partial charge in [-0.05, 0) is 48.7 Å². The summed E-state index contributed by atoms with van der Waals surface area (Å²) in [6, 6.07) is 13.0. The molecule has 0 unspecified atom stereocenters. The van der Waals surface area contributed by atoms with Crippen LogP contribution >= 0.6 is 0 Å². The van der Waals surface area contributed by atoms with Gasteiger partial charge in [-0.25, -0.2) is 4.79 Å². The lowest BCUT2D eigenvalue weighted by Gasteiger charge is -2.11. The number of methoxy groups -OCH3 is 1. The van der Waals surface area contributed by atoms with Gasteiger partial charge in [0.25, 0.3) is 0 Å². The molecule has 4 rings (SSSR count). The van der Waals surface area contributed by atoms with Crippen LogP contribution in [0, 0.1) is 6.92 Å². The Morgan fingerprint density at radius 1 is 1.17 bits per heavy atom. The van der Waals surface area contributed by atoms with Crippen LogP contribution in [0.3, 0.4) is 0 Å². The van der Waals surface area contributed by atoms with Crippen molar-refractivity contribution in [2.45, 2.75) is 19.8 Å². The van der Waals surface area contributed by atoms with Crippen LogP contribution in [0.2, 0.25) is 0 Å². The third-order valence-electron chi connectivity index (χ3n) is 5.18. The number of amides is 1. The van der Waals surface area contributed by atoms with Crippen molar-refractivity contribution < 1.29 is 13.9 Å². The van der Waals surface area contributed by atoms with E-state index in [1.54, 1.807) is 13.2 Å². The Labute approximate surface area is 167 Å². The number of ether oxygens (including phenoxy) is 1. The number of carbonyl (C=O) groups excluding carboxylic acids is 1. The molecule has 0 aliphatic rings. The number of nitrogens with one attached hydrogen (secondary N) is 1. The van der Waals surface area contributed by atoms with E-state index in [2.05, 4.69) is 5.32 Å². The summed E-state index contributed by atoms with van der Waals surface area (Å²) >= 11 is 0. The van der Waals surface area contributed by atoms with E-state index in [0.717, 1.165) is 33.1 Å². The quantitative estimate of drug-likeness (QED) is 0.519. The highest BCUT2D eigenvalue weighted by Crippen LogP contribution is 2.29. The van der Waals surface area contributed by atoms with Crippen molar-refractivity contribution in [3.8, 4) is 5.75 Å². The minimum atomic E-state index is -0.390. The van der Waals surface area contributed by atoms with E-state index in [0.29, 0.717) is 24.2 Å². The normalized spacial score (nSPS) is 11.1. The fourth-order valence-electron chi connectivity index (χ4n) is 3.65. The van der Waals surface area contributed by atoms with Crippen molar-refractivity contribution in [2.24, 2.45) is 7.05 Å². The van der Waals surface area contributed by atoms with Crippen LogP contribution in [0.1, 0.15) is 17.5 Å². The SMILES string of the molecule is COc1cc2oc(=O)cc(C)c2cc1CCC(=O)Nc1cccc2c1ccn2C. The van der Waals surface area contributed by atoms with Crippen LogP contribution in [0.15, 0.2) is 57.9 Å². The largest absolute Gasteiger partial charge is 0.496 e. The summed E-state index contributed by atoms with van der Waals surface area (Å²) < 4.78 is 12.7. The Kier molecular flexibility index (Phi) is 4.84. The second-order valence-corrected chi connectivity index (χ2v) is 7.12. The van der Waals surface area contributed by atoms with Crippen LogP contribution in [0.25, 0.3) is 21.9 Å². The number of carbonyl (C=O) groups is 1. The average molecular weight is 390 g/mol. The average Bonchev–Trinajstić information content (AvgIpc) is 3.08. The van der Waals surface area contributed by atoms with Crippen LogP contribution < -0.4 is 15.7 Å². The number of hydrogen-bond acceptors (Lipinski definition) is 4. The van der Waals surface area contributed by atoms with Gasteiger partial charge in [-0.2, -0.15) is 0 Å². The highest BCUT2D eigenvalue weighted by molar-refractivity contribution is 6.01. The molecule has 29 heavy (non-hydrogen) atoms. The molecule has 6 heteroatoms. The molecule has 4 aromatic rings. The molecule has 2 heterocycles. The van der Waals surface area contributed by atoms with Gasteiger partial charge in [-0.15, -0.1) is 0 Å². The van der Waals surface area contributed by atoms with Crippen molar-refractivity contribution in [3.63, 3.8) is 0 Å². The van der Waals surface area contributed by atoms with Gasteiger partial charge in [0.2, 0.25) is 5.91 Å².